The zero-order valence-corrected chi connectivity index (χ0v) is 17.0. The minimum Gasteiger partial charge on any atom is -0.462 e. The van der Waals surface area contributed by atoms with E-state index < -0.39 is 5.97 Å². The Kier molecular flexibility index (Phi) is 4.59. The molecule has 4 aromatic rings. The van der Waals surface area contributed by atoms with E-state index in [1.807, 2.05) is 30.3 Å². The molecule has 1 aliphatic heterocycles. The fraction of sp³-hybridized carbons (Fsp3) is 0.115. The van der Waals surface area contributed by atoms with Crippen LogP contribution in [0.4, 0.5) is 10.1 Å². The number of carbonyl (C=O) groups is 1. The summed E-state index contributed by atoms with van der Waals surface area (Å²) in [6.07, 6.45) is 0. The normalized spacial score (nSPS) is 12.6. The molecular weight excluding hydrogens is 393 g/mol. The van der Waals surface area contributed by atoms with Crippen molar-refractivity contribution in [1.82, 2.24) is 0 Å². The smallest absolute Gasteiger partial charge is 0.342 e. The van der Waals surface area contributed by atoms with Gasteiger partial charge in [-0.15, -0.1) is 0 Å². The van der Waals surface area contributed by atoms with Crippen LogP contribution in [-0.2, 0) is 11.3 Å². The van der Waals surface area contributed by atoms with Crippen LogP contribution in [0, 0.1) is 5.82 Å². The molecule has 154 valence electrons. The number of halogens is 1. The topological polar surface area (TPSA) is 51.5 Å². The highest BCUT2D eigenvalue weighted by atomic mass is 19.1. The Labute approximate surface area is 179 Å². The van der Waals surface area contributed by atoms with Gasteiger partial charge < -0.3 is 14.5 Å². The lowest BCUT2D eigenvalue weighted by molar-refractivity contribution is 0.0528. The van der Waals surface area contributed by atoms with Crippen LogP contribution < -0.4 is 5.32 Å². The summed E-state index contributed by atoms with van der Waals surface area (Å²) < 4.78 is 24.9. The monoisotopic (exact) mass is 413 g/mol. The molecule has 0 aliphatic carbocycles. The Morgan fingerprint density at radius 2 is 1.90 bits per heavy atom. The summed E-state index contributed by atoms with van der Waals surface area (Å²) in [6, 6.07) is 17.8. The fourth-order valence-electron chi connectivity index (χ4n) is 4.05. The summed E-state index contributed by atoms with van der Waals surface area (Å²) in [6.45, 7) is 6.97. The number of rotatable bonds is 3. The van der Waals surface area contributed by atoms with E-state index in [1.165, 1.54) is 12.1 Å². The second kappa shape index (κ2) is 7.43. The average Bonchev–Trinajstić information content (AvgIpc) is 3.09. The van der Waals surface area contributed by atoms with E-state index in [2.05, 4.69) is 18.0 Å². The van der Waals surface area contributed by atoms with Gasteiger partial charge in [-0.05, 0) is 54.0 Å². The van der Waals surface area contributed by atoms with Gasteiger partial charge in [0, 0.05) is 34.8 Å². The van der Waals surface area contributed by atoms with Crippen molar-refractivity contribution in [2.24, 2.45) is 0 Å². The maximum atomic E-state index is 13.5. The number of hydrogen-bond acceptors (Lipinski definition) is 4. The minimum absolute atomic E-state index is 0.237. The molecule has 0 amide bonds. The summed E-state index contributed by atoms with van der Waals surface area (Å²) in [5, 5.41) is 4.09. The third kappa shape index (κ3) is 3.19. The summed E-state index contributed by atoms with van der Waals surface area (Å²) in [5.41, 5.74) is 6.35. The Morgan fingerprint density at radius 1 is 1.13 bits per heavy atom. The number of benzene rings is 3. The number of esters is 1. The number of anilines is 1. The van der Waals surface area contributed by atoms with Crippen LogP contribution in [-0.4, -0.2) is 12.6 Å². The molecule has 0 bridgehead atoms. The Balaban J connectivity index is 1.75. The van der Waals surface area contributed by atoms with Crippen LogP contribution in [0.5, 0.6) is 0 Å². The summed E-state index contributed by atoms with van der Waals surface area (Å²) in [4.78, 5) is 12.9. The van der Waals surface area contributed by atoms with Gasteiger partial charge in [-0.3, -0.25) is 0 Å². The number of carbonyl (C=O) groups excluding carboxylic acids is 1. The molecule has 31 heavy (non-hydrogen) atoms. The molecule has 0 spiro atoms. The van der Waals surface area contributed by atoms with Crippen molar-refractivity contribution in [3.63, 3.8) is 0 Å². The molecule has 1 N–H and O–H groups in total. The third-order valence-electron chi connectivity index (χ3n) is 5.55. The van der Waals surface area contributed by atoms with E-state index in [1.54, 1.807) is 19.1 Å². The van der Waals surface area contributed by atoms with E-state index >= 15 is 0 Å². The summed E-state index contributed by atoms with van der Waals surface area (Å²) in [7, 11) is 0. The summed E-state index contributed by atoms with van der Waals surface area (Å²) in [5.74, 6) is -0.476. The van der Waals surface area contributed by atoms with Gasteiger partial charge in [-0.25, -0.2) is 9.18 Å². The molecular formula is C26H20FNO3. The van der Waals surface area contributed by atoms with E-state index in [-0.39, 0.29) is 12.4 Å². The molecule has 0 saturated carbocycles. The fourth-order valence-corrected chi connectivity index (χ4v) is 4.05. The molecule has 2 heterocycles. The third-order valence-corrected chi connectivity index (χ3v) is 5.55. The predicted octanol–water partition coefficient (Wildman–Crippen LogP) is 6.40. The van der Waals surface area contributed by atoms with Gasteiger partial charge in [0.1, 0.15) is 22.7 Å². The molecule has 1 aliphatic rings. The number of nitrogens with one attached hydrogen (secondary N) is 1. The van der Waals surface area contributed by atoms with Crippen LogP contribution >= 0.6 is 0 Å². The van der Waals surface area contributed by atoms with Gasteiger partial charge in [0.2, 0.25) is 0 Å². The highest BCUT2D eigenvalue weighted by Gasteiger charge is 2.26. The van der Waals surface area contributed by atoms with Crippen molar-refractivity contribution in [3.05, 3.63) is 95.3 Å². The van der Waals surface area contributed by atoms with Crippen molar-refractivity contribution in [1.29, 1.82) is 0 Å². The first-order valence-electron chi connectivity index (χ1n) is 10.1. The van der Waals surface area contributed by atoms with Crippen molar-refractivity contribution in [2.45, 2.75) is 13.5 Å². The molecule has 5 rings (SSSR count). The zero-order valence-electron chi connectivity index (χ0n) is 17.0. The molecule has 4 nitrogen and oxygen atoms in total. The highest BCUT2D eigenvalue weighted by Crippen LogP contribution is 2.41. The average molecular weight is 413 g/mol. The Bertz CT molecular complexity index is 1340. The molecule has 0 saturated heterocycles. The van der Waals surface area contributed by atoms with Crippen molar-refractivity contribution in [3.8, 4) is 11.3 Å². The first-order chi connectivity index (χ1) is 15.1. The number of hydrogen-bond donors (Lipinski definition) is 1. The van der Waals surface area contributed by atoms with Crippen molar-refractivity contribution >= 4 is 28.2 Å². The van der Waals surface area contributed by atoms with E-state index in [4.69, 9.17) is 9.15 Å². The van der Waals surface area contributed by atoms with Gasteiger partial charge >= 0.3 is 5.97 Å². The Hall–Kier alpha value is -3.86. The Morgan fingerprint density at radius 3 is 2.68 bits per heavy atom. The predicted molar refractivity (Wildman–Crippen MR) is 119 cm³/mol. The first kappa shape index (κ1) is 19.1. The van der Waals surface area contributed by atoms with Crippen molar-refractivity contribution < 1.29 is 18.3 Å². The molecule has 0 atom stereocenters. The van der Waals surface area contributed by atoms with Gasteiger partial charge in [-0.2, -0.15) is 0 Å². The largest absolute Gasteiger partial charge is 0.462 e. The van der Waals surface area contributed by atoms with E-state index in [9.17, 15) is 9.18 Å². The van der Waals surface area contributed by atoms with Gasteiger partial charge in [0.05, 0.1) is 6.61 Å². The van der Waals surface area contributed by atoms with Crippen LogP contribution in [0.1, 0.15) is 34.0 Å². The lowest BCUT2D eigenvalue weighted by Crippen LogP contribution is -2.05. The lowest BCUT2D eigenvalue weighted by Gasteiger charge is -2.10. The first-order valence-corrected chi connectivity index (χ1v) is 10.1. The molecule has 5 heteroatoms. The number of furan rings is 1. The second-order valence-corrected chi connectivity index (χ2v) is 7.42. The lowest BCUT2D eigenvalue weighted by atomic mass is 9.94. The summed E-state index contributed by atoms with van der Waals surface area (Å²) >= 11 is 0. The molecule has 1 aromatic heterocycles. The van der Waals surface area contributed by atoms with Gasteiger partial charge in [0.15, 0.2) is 0 Å². The molecule has 3 aromatic carbocycles. The molecule has 0 fully saturated rings. The zero-order chi connectivity index (χ0) is 21.5. The van der Waals surface area contributed by atoms with E-state index in [0.717, 1.165) is 28.0 Å². The van der Waals surface area contributed by atoms with Crippen LogP contribution in [0.2, 0.25) is 0 Å². The number of ether oxygens (including phenoxy) is 1. The van der Waals surface area contributed by atoms with Gasteiger partial charge in [-0.1, -0.05) is 30.8 Å². The van der Waals surface area contributed by atoms with Crippen LogP contribution in [0.25, 0.3) is 27.9 Å². The van der Waals surface area contributed by atoms with Gasteiger partial charge in [0.25, 0.3) is 0 Å². The van der Waals surface area contributed by atoms with Crippen LogP contribution in [0.3, 0.4) is 0 Å². The second-order valence-electron chi connectivity index (χ2n) is 7.42. The highest BCUT2D eigenvalue weighted by molar-refractivity contribution is 6.10. The SMILES string of the molecule is C=C1c2ccccc2CNc2cc3oc(-c4ccc(F)cc4)c(C(=O)OCC)c3cc21. The quantitative estimate of drug-likeness (QED) is 0.395. The minimum atomic E-state index is -0.479. The molecule has 0 unspecified atom stereocenters. The molecule has 0 radical (unpaired) electrons. The maximum Gasteiger partial charge on any atom is 0.342 e. The van der Waals surface area contributed by atoms with E-state index in [0.29, 0.717) is 34.4 Å². The number of fused-ring (bicyclic) bond motifs is 3. The maximum absolute atomic E-state index is 13.5. The van der Waals surface area contributed by atoms with Crippen LogP contribution in [0.15, 0.2) is 71.7 Å². The standard InChI is InChI=1S/C26H20FNO3/c1-3-30-26(29)24-21-12-20-15(2)19-7-5-4-6-17(19)14-28-22(20)13-23(21)31-25(24)16-8-10-18(27)11-9-16/h4-13,28H,2-3,14H2,1H3. The van der Waals surface area contributed by atoms with Crippen molar-refractivity contribution in [2.75, 3.05) is 11.9 Å².